The quantitative estimate of drug-likeness (QED) is 0.380. The van der Waals surface area contributed by atoms with Crippen molar-refractivity contribution in [3.63, 3.8) is 0 Å². The van der Waals surface area contributed by atoms with E-state index in [2.05, 4.69) is 15.6 Å². The molecular weight excluding hydrogens is 396 g/mol. The number of nitrogens with zero attached hydrogens (tertiary/aromatic N) is 4. The lowest BCUT2D eigenvalue weighted by atomic mass is 9.97. The van der Waals surface area contributed by atoms with Crippen molar-refractivity contribution >= 4 is 50.1 Å². The topological polar surface area (TPSA) is 145 Å². The molecule has 1 aromatic carbocycles. The minimum Gasteiger partial charge on any atom is -0.351 e. The third kappa shape index (κ3) is 2.69. The van der Waals surface area contributed by atoms with Gasteiger partial charge in [-0.2, -0.15) is 4.98 Å². The Morgan fingerprint density at radius 3 is 2.67 bits per heavy atom. The zero-order valence-corrected chi connectivity index (χ0v) is 14.7. The van der Waals surface area contributed by atoms with Crippen LogP contribution in [0.5, 0.6) is 0 Å². The highest BCUT2D eigenvalue weighted by atomic mass is 32.1. The van der Waals surface area contributed by atoms with E-state index in [4.69, 9.17) is 12.2 Å². The number of hydrogen-bond donors (Lipinski definition) is 2. The molecule has 3 heterocycles. The monoisotopic (exact) mass is 404 g/mol. The highest BCUT2D eigenvalue weighted by Gasteiger charge is 2.34. The molecule has 13 heteroatoms. The molecular formula is C14H8N6O5S2. The molecule has 0 bridgehead atoms. The molecule has 0 amide bonds. The Hall–Kier alpha value is -3.45. The van der Waals surface area contributed by atoms with Gasteiger partial charge in [0.1, 0.15) is 12.0 Å². The van der Waals surface area contributed by atoms with Gasteiger partial charge in [0.2, 0.25) is 4.96 Å². The number of anilines is 1. The lowest BCUT2D eigenvalue weighted by Gasteiger charge is -2.28. The summed E-state index contributed by atoms with van der Waals surface area (Å²) in [5.41, 5.74) is -0.530. The van der Waals surface area contributed by atoms with E-state index >= 15 is 0 Å². The van der Waals surface area contributed by atoms with Crippen LogP contribution in [0.4, 0.5) is 16.5 Å². The molecule has 0 radical (unpaired) electrons. The van der Waals surface area contributed by atoms with Gasteiger partial charge in [0, 0.05) is 6.07 Å². The molecule has 0 spiro atoms. The van der Waals surface area contributed by atoms with Gasteiger partial charge in [0.15, 0.2) is 5.11 Å². The van der Waals surface area contributed by atoms with E-state index in [1.807, 2.05) is 0 Å². The molecule has 0 saturated carbocycles. The van der Waals surface area contributed by atoms with E-state index in [-0.39, 0.29) is 37.7 Å². The summed E-state index contributed by atoms with van der Waals surface area (Å²) in [4.78, 5) is 38.0. The first-order valence-electron chi connectivity index (χ1n) is 7.38. The number of nitro benzene ring substituents is 1. The number of hydrogen-bond acceptors (Lipinski definition) is 8. The maximum Gasteiger partial charge on any atom is 0.344 e. The fourth-order valence-corrected chi connectivity index (χ4v) is 3.91. The fraction of sp³-hybridized carbons (Fsp3) is 0.0714. The molecule has 11 nitrogen and oxygen atoms in total. The zero-order valence-electron chi connectivity index (χ0n) is 13.1. The Morgan fingerprint density at radius 2 is 1.96 bits per heavy atom. The van der Waals surface area contributed by atoms with Crippen molar-refractivity contribution in [1.82, 2.24) is 14.7 Å². The van der Waals surface area contributed by atoms with Gasteiger partial charge < -0.3 is 10.6 Å². The first-order chi connectivity index (χ1) is 12.9. The Bertz CT molecular complexity index is 1200. The Balaban J connectivity index is 2.02. The molecule has 0 saturated heterocycles. The lowest BCUT2D eigenvalue weighted by Crippen LogP contribution is -2.42. The second kappa shape index (κ2) is 6.07. The van der Waals surface area contributed by atoms with Crippen molar-refractivity contribution in [2.24, 2.45) is 0 Å². The maximum absolute atomic E-state index is 12.6. The summed E-state index contributed by atoms with van der Waals surface area (Å²) in [6.45, 7) is 0. The zero-order chi connectivity index (χ0) is 19.3. The molecule has 1 aliphatic rings. The molecule has 2 aromatic heterocycles. The summed E-state index contributed by atoms with van der Waals surface area (Å²) in [7, 11) is 0. The van der Waals surface area contributed by atoms with E-state index in [9.17, 15) is 25.0 Å². The van der Waals surface area contributed by atoms with Crippen LogP contribution in [0.1, 0.15) is 17.2 Å². The number of thiazole rings is 1. The van der Waals surface area contributed by atoms with Crippen molar-refractivity contribution in [2.45, 2.75) is 6.04 Å². The molecule has 4 rings (SSSR count). The van der Waals surface area contributed by atoms with Gasteiger partial charge in [0.05, 0.1) is 27.0 Å². The van der Waals surface area contributed by atoms with E-state index in [1.165, 1.54) is 28.8 Å². The molecule has 1 unspecified atom stereocenters. The third-order valence-electron chi connectivity index (χ3n) is 3.99. The molecule has 1 aliphatic heterocycles. The van der Waals surface area contributed by atoms with Crippen LogP contribution >= 0.6 is 23.6 Å². The number of benzene rings is 1. The standard InChI is InChI=1S/C14H8N6O5S2/c21-12-9-10(6-3-1-2-4-7(6)19(22)23)15-13(26)16-11(9)18-5-8(20(24)25)27-14(18)17-12/h1-5,10H,(H2,15,16,26). The van der Waals surface area contributed by atoms with Crippen LogP contribution in [0.25, 0.3) is 4.96 Å². The van der Waals surface area contributed by atoms with Crippen LogP contribution < -0.4 is 16.2 Å². The molecule has 3 aromatic rings. The van der Waals surface area contributed by atoms with Crippen LogP contribution in [0.2, 0.25) is 0 Å². The van der Waals surface area contributed by atoms with E-state index in [1.54, 1.807) is 6.07 Å². The highest BCUT2D eigenvalue weighted by Crippen LogP contribution is 2.36. The van der Waals surface area contributed by atoms with Crippen LogP contribution in [0, 0.1) is 20.2 Å². The van der Waals surface area contributed by atoms with E-state index in [0.29, 0.717) is 0 Å². The summed E-state index contributed by atoms with van der Waals surface area (Å²) in [5, 5.41) is 28.0. The summed E-state index contributed by atoms with van der Waals surface area (Å²) in [5.74, 6) is 0.196. The van der Waals surface area contributed by atoms with Crippen molar-refractivity contribution in [2.75, 3.05) is 5.32 Å². The smallest absolute Gasteiger partial charge is 0.344 e. The SMILES string of the molecule is O=c1nc2sc([N+](=O)[O-])cn2c2c1C(c1ccccc1[N+](=O)[O-])NC(=S)N2. The second-order valence-electron chi connectivity index (χ2n) is 5.51. The van der Waals surface area contributed by atoms with Crippen LogP contribution in [0.3, 0.4) is 0 Å². The third-order valence-corrected chi connectivity index (χ3v) is 5.14. The van der Waals surface area contributed by atoms with Crippen molar-refractivity contribution in [3.05, 3.63) is 72.2 Å². The van der Waals surface area contributed by atoms with Crippen LogP contribution in [0.15, 0.2) is 35.3 Å². The summed E-state index contributed by atoms with van der Waals surface area (Å²) in [6, 6.07) is 5.02. The fourth-order valence-electron chi connectivity index (χ4n) is 2.90. The first-order valence-corrected chi connectivity index (χ1v) is 8.60. The van der Waals surface area contributed by atoms with Crippen LogP contribution in [-0.4, -0.2) is 24.3 Å². The van der Waals surface area contributed by atoms with Gasteiger partial charge in [-0.25, -0.2) is 0 Å². The number of thiocarbonyl (C=S) groups is 1. The Labute approximate surface area is 158 Å². The van der Waals surface area contributed by atoms with Gasteiger partial charge in [-0.15, -0.1) is 0 Å². The molecule has 2 N–H and O–H groups in total. The molecule has 1 atom stereocenters. The molecule has 0 aliphatic carbocycles. The normalized spacial score (nSPS) is 15.7. The Kier molecular flexibility index (Phi) is 3.82. The highest BCUT2D eigenvalue weighted by molar-refractivity contribution is 7.80. The van der Waals surface area contributed by atoms with Crippen molar-refractivity contribution < 1.29 is 9.85 Å². The van der Waals surface area contributed by atoms with Crippen LogP contribution in [-0.2, 0) is 0 Å². The largest absolute Gasteiger partial charge is 0.351 e. The minimum absolute atomic E-state index is 0.0862. The molecule has 27 heavy (non-hydrogen) atoms. The predicted molar refractivity (Wildman–Crippen MR) is 100 cm³/mol. The van der Waals surface area contributed by atoms with E-state index < -0.39 is 21.4 Å². The van der Waals surface area contributed by atoms with Gasteiger partial charge in [0.25, 0.3) is 11.2 Å². The number of rotatable bonds is 3. The number of fused-ring (bicyclic) bond motifs is 3. The van der Waals surface area contributed by atoms with Gasteiger partial charge in [-0.3, -0.25) is 29.4 Å². The predicted octanol–water partition coefficient (Wildman–Crippen LogP) is 1.96. The van der Waals surface area contributed by atoms with E-state index in [0.717, 1.165) is 11.3 Å². The maximum atomic E-state index is 12.6. The summed E-state index contributed by atoms with van der Waals surface area (Å²) >= 11 is 5.91. The van der Waals surface area contributed by atoms with Gasteiger partial charge in [-0.1, -0.05) is 12.1 Å². The average molecular weight is 404 g/mol. The first kappa shape index (κ1) is 17.0. The summed E-state index contributed by atoms with van der Waals surface area (Å²) in [6.07, 6.45) is 1.22. The van der Waals surface area contributed by atoms with Gasteiger partial charge in [-0.05, 0) is 29.6 Å². The Morgan fingerprint density at radius 1 is 1.22 bits per heavy atom. The van der Waals surface area contributed by atoms with Gasteiger partial charge >= 0.3 is 5.00 Å². The van der Waals surface area contributed by atoms with Crippen molar-refractivity contribution in [1.29, 1.82) is 0 Å². The van der Waals surface area contributed by atoms with Crippen molar-refractivity contribution in [3.8, 4) is 0 Å². The molecule has 0 fully saturated rings. The number of nitro groups is 2. The molecule has 136 valence electrons. The number of nitrogens with one attached hydrogen (secondary N) is 2. The lowest BCUT2D eigenvalue weighted by molar-refractivity contribution is -0.385. The number of para-hydroxylation sites is 1. The second-order valence-corrected chi connectivity index (χ2v) is 6.90. The number of aromatic nitrogens is 2. The summed E-state index contributed by atoms with van der Waals surface area (Å²) < 4.78 is 1.36. The minimum atomic E-state index is -0.925. The average Bonchev–Trinajstić information content (AvgIpc) is 3.05.